The van der Waals surface area contributed by atoms with E-state index in [1.807, 2.05) is 55.5 Å². The number of aryl methyl sites for hydroxylation is 1. The van der Waals surface area contributed by atoms with E-state index in [1.165, 1.54) is 0 Å². The van der Waals surface area contributed by atoms with Gasteiger partial charge in [0.15, 0.2) is 5.60 Å². The van der Waals surface area contributed by atoms with Gasteiger partial charge in [0.2, 0.25) is 14.3 Å². The molecule has 1 N–H and O–H groups in total. The van der Waals surface area contributed by atoms with Crippen molar-refractivity contribution >= 4 is 31.6 Å². The third-order valence-electron chi connectivity index (χ3n) is 9.13. The van der Waals surface area contributed by atoms with E-state index in [2.05, 4.69) is 10.3 Å². The Kier molecular flexibility index (Phi) is 7.53. The van der Waals surface area contributed by atoms with Crippen LogP contribution < -0.4 is 9.80 Å². The minimum Gasteiger partial charge on any atom is -0.396 e. The molecule has 9 nitrogen and oxygen atoms in total. The third kappa shape index (κ3) is 4.87. The van der Waals surface area contributed by atoms with Crippen LogP contribution in [0.4, 0.5) is 15.5 Å². The first-order valence-electron chi connectivity index (χ1n) is 14.8. The Balaban J connectivity index is 1.28. The van der Waals surface area contributed by atoms with Gasteiger partial charge in [0.05, 0.1) is 24.0 Å². The van der Waals surface area contributed by atoms with Gasteiger partial charge in [-0.2, -0.15) is 0 Å². The summed E-state index contributed by atoms with van der Waals surface area (Å²) in [4.78, 5) is 30.2. The minimum absolute atomic E-state index is 0.00549. The van der Waals surface area contributed by atoms with Crippen LogP contribution in [0.1, 0.15) is 43.0 Å². The summed E-state index contributed by atoms with van der Waals surface area (Å²) >= 11 is 0. The van der Waals surface area contributed by atoms with Crippen molar-refractivity contribution in [1.82, 2.24) is 15.0 Å². The van der Waals surface area contributed by atoms with Crippen LogP contribution in [0.25, 0.3) is 0 Å². The van der Waals surface area contributed by atoms with Crippen LogP contribution in [0, 0.1) is 5.92 Å². The molecule has 0 saturated carbocycles. The Bertz CT molecular complexity index is 1470. The number of carbonyl (C=O) groups excluding carboxylic acids is 2. The maximum absolute atomic E-state index is 16.0. The molecule has 0 unspecified atom stereocenters. The number of para-hydroxylation sites is 1. The molecule has 2 fully saturated rings. The SMILES string of the molecule is C[C@@H]1[C@@H]([Si](C)(C)F)[C@H](CCn2cc(CCO)nn2)O[C@@]12C(=O)N(Cc1ccc(N3CCCC3=O)cc1)c1ccccc12. The van der Waals surface area contributed by atoms with Crippen LogP contribution in [0.2, 0.25) is 18.6 Å². The number of ether oxygens (including phenoxy) is 1. The Morgan fingerprint density at radius 1 is 1.14 bits per heavy atom. The van der Waals surface area contributed by atoms with E-state index in [0.29, 0.717) is 38.0 Å². The Labute approximate surface area is 246 Å². The highest BCUT2D eigenvalue weighted by Crippen LogP contribution is 2.60. The molecule has 2 amide bonds. The van der Waals surface area contributed by atoms with Gasteiger partial charge in [-0.1, -0.05) is 42.5 Å². The van der Waals surface area contributed by atoms with Crippen LogP contribution in [-0.4, -0.2) is 59.6 Å². The van der Waals surface area contributed by atoms with Crippen molar-refractivity contribution in [1.29, 1.82) is 0 Å². The fourth-order valence-electron chi connectivity index (χ4n) is 7.25. The number of aliphatic hydroxyl groups excluding tert-OH is 1. The number of rotatable bonds is 9. The highest BCUT2D eigenvalue weighted by molar-refractivity contribution is 6.72. The number of fused-ring (bicyclic) bond motifs is 2. The monoisotopic (exact) mass is 591 g/mol. The quantitative estimate of drug-likeness (QED) is 0.293. The lowest BCUT2D eigenvalue weighted by Gasteiger charge is -2.31. The van der Waals surface area contributed by atoms with Gasteiger partial charge in [-0.3, -0.25) is 14.3 Å². The number of amides is 2. The molecule has 42 heavy (non-hydrogen) atoms. The van der Waals surface area contributed by atoms with Gasteiger partial charge in [-0.05, 0) is 49.7 Å². The lowest BCUT2D eigenvalue weighted by atomic mass is 9.82. The average molecular weight is 592 g/mol. The third-order valence-corrected chi connectivity index (χ3v) is 11.6. The van der Waals surface area contributed by atoms with E-state index in [1.54, 1.807) is 33.8 Å². The molecule has 3 aliphatic rings. The molecule has 1 spiro atoms. The number of halogens is 1. The maximum atomic E-state index is 16.0. The lowest BCUT2D eigenvalue weighted by molar-refractivity contribution is -0.146. The smallest absolute Gasteiger partial charge is 0.264 e. The van der Waals surface area contributed by atoms with E-state index >= 15 is 4.11 Å². The predicted octanol–water partition coefficient (Wildman–Crippen LogP) is 4.35. The van der Waals surface area contributed by atoms with Gasteiger partial charge < -0.3 is 23.8 Å². The number of aromatic nitrogens is 3. The molecule has 3 aromatic rings. The molecule has 0 radical (unpaired) electrons. The molecule has 3 aliphatic heterocycles. The second-order valence-corrected chi connectivity index (χ2v) is 16.0. The number of hydrogen-bond acceptors (Lipinski definition) is 6. The second kappa shape index (κ2) is 11.0. The molecule has 2 aromatic carbocycles. The van der Waals surface area contributed by atoms with Crippen molar-refractivity contribution in [3.05, 3.63) is 71.5 Å². The fourth-order valence-corrected chi connectivity index (χ4v) is 9.79. The predicted molar refractivity (Wildman–Crippen MR) is 159 cm³/mol. The summed E-state index contributed by atoms with van der Waals surface area (Å²) in [6, 6.07) is 15.5. The molecule has 4 heterocycles. The molecule has 1 aromatic heterocycles. The van der Waals surface area contributed by atoms with Crippen molar-refractivity contribution in [2.24, 2.45) is 5.92 Å². The van der Waals surface area contributed by atoms with Crippen LogP contribution in [0.15, 0.2) is 54.7 Å². The van der Waals surface area contributed by atoms with E-state index in [9.17, 15) is 14.7 Å². The summed E-state index contributed by atoms with van der Waals surface area (Å²) in [5, 5.41) is 17.5. The van der Waals surface area contributed by atoms with E-state index in [4.69, 9.17) is 4.74 Å². The first kappa shape index (κ1) is 28.7. The zero-order valence-corrected chi connectivity index (χ0v) is 25.4. The van der Waals surface area contributed by atoms with Crippen LogP contribution in [0.5, 0.6) is 0 Å². The second-order valence-electron chi connectivity index (χ2n) is 12.2. The molecule has 6 rings (SSSR count). The number of anilines is 2. The summed E-state index contributed by atoms with van der Waals surface area (Å²) in [7, 11) is -3.27. The number of benzene rings is 2. The van der Waals surface area contributed by atoms with Gasteiger partial charge in [0.25, 0.3) is 5.91 Å². The van der Waals surface area contributed by atoms with Crippen LogP contribution in [0.3, 0.4) is 0 Å². The van der Waals surface area contributed by atoms with Crippen LogP contribution in [-0.2, 0) is 39.4 Å². The Morgan fingerprint density at radius 3 is 2.60 bits per heavy atom. The summed E-state index contributed by atoms with van der Waals surface area (Å²) in [5.74, 6) is -0.387. The first-order chi connectivity index (χ1) is 20.1. The normalized spacial score (nSPS) is 25.7. The number of nitrogens with zero attached hydrogens (tertiary/aromatic N) is 5. The van der Waals surface area contributed by atoms with Crippen molar-refractivity contribution in [2.45, 2.75) is 76.0 Å². The molecule has 222 valence electrons. The molecule has 0 bridgehead atoms. The lowest BCUT2D eigenvalue weighted by Crippen LogP contribution is -2.45. The van der Waals surface area contributed by atoms with Gasteiger partial charge in [0.1, 0.15) is 0 Å². The molecule has 2 saturated heterocycles. The summed E-state index contributed by atoms with van der Waals surface area (Å²) < 4.78 is 24.5. The van der Waals surface area contributed by atoms with Gasteiger partial charge in [-0.15, -0.1) is 5.10 Å². The highest BCUT2D eigenvalue weighted by Gasteiger charge is 2.66. The zero-order valence-electron chi connectivity index (χ0n) is 24.4. The van der Waals surface area contributed by atoms with E-state index < -0.39 is 25.7 Å². The number of hydrogen-bond donors (Lipinski definition) is 1. The number of aliphatic hydroxyl groups is 1. The van der Waals surface area contributed by atoms with Crippen molar-refractivity contribution < 1.29 is 23.5 Å². The highest BCUT2D eigenvalue weighted by atomic mass is 28.4. The standard InChI is InChI=1S/C31H38FN5O4Si/c1-21-29(42(2,3)32)27(14-17-35-20-23(15-18-38)33-34-35)41-31(21)25-7-4-5-8-26(25)37(30(31)40)19-22-10-12-24(13-11-22)36-16-6-9-28(36)39/h4-5,7-8,10-13,20-21,27,29,38H,6,9,14-19H2,1-3H3/t21-,27+,29-,31+/m1/s1. The van der Waals surface area contributed by atoms with Crippen molar-refractivity contribution in [3.63, 3.8) is 0 Å². The molecule has 11 heteroatoms. The van der Waals surface area contributed by atoms with Gasteiger partial charge >= 0.3 is 0 Å². The van der Waals surface area contributed by atoms with E-state index in [0.717, 1.165) is 35.5 Å². The van der Waals surface area contributed by atoms with Crippen LogP contribution >= 0.6 is 0 Å². The largest absolute Gasteiger partial charge is 0.396 e. The van der Waals surface area contributed by atoms with Crippen molar-refractivity contribution in [3.8, 4) is 0 Å². The summed E-state index contributed by atoms with van der Waals surface area (Å²) in [6.07, 6.45) is 3.68. The zero-order chi connectivity index (χ0) is 29.6. The molecular formula is C31H38FN5O4Si. The molecular weight excluding hydrogens is 553 g/mol. The van der Waals surface area contributed by atoms with Gasteiger partial charge in [-0.25, -0.2) is 0 Å². The first-order valence-corrected chi connectivity index (χ1v) is 17.8. The Morgan fingerprint density at radius 2 is 1.90 bits per heavy atom. The van der Waals surface area contributed by atoms with Crippen molar-refractivity contribution in [2.75, 3.05) is 23.0 Å². The average Bonchev–Trinajstić information content (AvgIpc) is 3.72. The molecule has 4 atom stereocenters. The minimum atomic E-state index is -3.27. The molecule has 0 aliphatic carbocycles. The summed E-state index contributed by atoms with van der Waals surface area (Å²) in [6.45, 7) is 6.91. The van der Waals surface area contributed by atoms with Gasteiger partial charge in [0, 0.05) is 61.4 Å². The fraction of sp³-hybridized carbons (Fsp3) is 0.484. The number of carbonyl (C=O) groups is 2. The van der Waals surface area contributed by atoms with E-state index in [-0.39, 0.29) is 24.3 Å². The Hall–Kier alpha value is -3.41. The topological polar surface area (TPSA) is 101 Å². The maximum Gasteiger partial charge on any atom is 0.264 e. The summed E-state index contributed by atoms with van der Waals surface area (Å²) in [5.41, 5.74) is 2.42.